The van der Waals surface area contributed by atoms with E-state index in [0.29, 0.717) is 16.3 Å². The van der Waals surface area contributed by atoms with Gasteiger partial charge in [0.25, 0.3) is 10.0 Å². The highest BCUT2D eigenvalue weighted by Gasteiger charge is 2.20. The molecule has 6 nitrogen and oxygen atoms in total. The third kappa shape index (κ3) is 3.72. The normalized spacial score (nSPS) is 11.3. The number of hydrogen-bond acceptors (Lipinski definition) is 5. The number of aromatic nitrogens is 1. The summed E-state index contributed by atoms with van der Waals surface area (Å²) in [6.45, 7) is 1.61. The Hall–Kier alpha value is -1.64. The summed E-state index contributed by atoms with van der Waals surface area (Å²) in [7, 11) is -3.82. The van der Waals surface area contributed by atoms with E-state index in [1.165, 1.54) is 11.4 Å². The number of carbonyl (C=O) groups is 1. The lowest BCUT2D eigenvalue weighted by molar-refractivity contribution is -0.136. The molecule has 0 saturated heterocycles. The predicted molar refractivity (Wildman–Crippen MR) is 80.5 cm³/mol. The van der Waals surface area contributed by atoms with E-state index in [1.807, 2.05) is 0 Å². The first-order chi connectivity index (χ1) is 9.79. The van der Waals surface area contributed by atoms with E-state index in [9.17, 15) is 13.2 Å². The second-order valence-corrected chi connectivity index (χ2v) is 7.10. The van der Waals surface area contributed by atoms with Gasteiger partial charge in [-0.1, -0.05) is 17.7 Å². The molecule has 0 spiro atoms. The lowest BCUT2D eigenvalue weighted by Gasteiger charge is -2.09. The zero-order valence-electron chi connectivity index (χ0n) is 10.8. The second-order valence-electron chi connectivity index (χ2n) is 4.18. The van der Waals surface area contributed by atoms with Crippen LogP contribution in [0.15, 0.2) is 28.5 Å². The minimum Gasteiger partial charge on any atom is -0.481 e. The lowest BCUT2D eigenvalue weighted by Crippen LogP contribution is -2.14. The summed E-state index contributed by atoms with van der Waals surface area (Å²) in [6.07, 6.45) is -0.256. The molecule has 0 aliphatic rings. The first-order valence-electron chi connectivity index (χ1n) is 5.74. The van der Waals surface area contributed by atoms with Gasteiger partial charge in [0.1, 0.15) is 0 Å². The Morgan fingerprint density at radius 1 is 1.48 bits per heavy atom. The number of carboxylic acid groups (broad SMARTS) is 1. The summed E-state index contributed by atoms with van der Waals surface area (Å²) in [5.74, 6) is -1.03. The van der Waals surface area contributed by atoms with E-state index < -0.39 is 16.0 Å². The van der Waals surface area contributed by atoms with Crippen molar-refractivity contribution in [3.63, 3.8) is 0 Å². The van der Waals surface area contributed by atoms with E-state index in [-0.39, 0.29) is 16.4 Å². The Balaban J connectivity index is 2.27. The highest BCUT2D eigenvalue weighted by atomic mass is 35.5. The molecule has 1 aromatic heterocycles. The number of carboxylic acids is 1. The Kier molecular flexibility index (Phi) is 4.50. The van der Waals surface area contributed by atoms with Gasteiger partial charge in [0.15, 0.2) is 5.13 Å². The number of hydrogen-bond donors (Lipinski definition) is 2. The molecule has 0 aliphatic heterocycles. The van der Waals surface area contributed by atoms with E-state index in [4.69, 9.17) is 16.7 Å². The number of sulfonamides is 1. The molecule has 21 heavy (non-hydrogen) atoms. The molecule has 112 valence electrons. The van der Waals surface area contributed by atoms with Crippen LogP contribution in [0.1, 0.15) is 11.3 Å². The van der Waals surface area contributed by atoms with Crippen molar-refractivity contribution in [2.75, 3.05) is 4.72 Å². The molecule has 0 aliphatic carbocycles. The van der Waals surface area contributed by atoms with Crippen molar-refractivity contribution in [2.45, 2.75) is 18.2 Å². The Morgan fingerprint density at radius 2 is 2.19 bits per heavy atom. The van der Waals surface area contributed by atoms with Gasteiger partial charge in [-0.25, -0.2) is 13.4 Å². The van der Waals surface area contributed by atoms with Crippen molar-refractivity contribution >= 4 is 44.1 Å². The molecule has 0 atom stereocenters. The number of anilines is 1. The van der Waals surface area contributed by atoms with Crippen molar-refractivity contribution in [1.29, 1.82) is 0 Å². The topological polar surface area (TPSA) is 96.4 Å². The average Bonchev–Trinajstić information content (AvgIpc) is 2.78. The zero-order chi connectivity index (χ0) is 15.6. The van der Waals surface area contributed by atoms with Gasteiger partial charge in [0, 0.05) is 10.4 Å². The molecule has 1 aromatic carbocycles. The van der Waals surface area contributed by atoms with Gasteiger partial charge in [0.05, 0.1) is 17.0 Å². The molecule has 0 fully saturated rings. The fraction of sp³-hybridized carbons (Fsp3) is 0.167. The van der Waals surface area contributed by atoms with Gasteiger partial charge in [-0.2, -0.15) is 0 Å². The maximum Gasteiger partial charge on any atom is 0.309 e. The number of nitrogens with zero attached hydrogens (tertiary/aromatic N) is 1. The first-order valence-corrected chi connectivity index (χ1v) is 8.48. The smallest absolute Gasteiger partial charge is 0.309 e. The quantitative estimate of drug-likeness (QED) is 0.867. The maximum atomic E-state index is 12.3. The molecular formula is C12H11ClN2O4S2. The van der Waals surface area contributed by atoms with Crippen LogP contribution in [0, 0.1) is 6.92 Å². The van der Waals surface area contributed by atoms with Gasteiger partial charge >= 0.3 is 5.97 Å². The fourth-order valence-electron chi connectivity index (χ4n) is 1.64. The molecule has 0 radical (unpaired) electrons. The number of benzene rings is 1. The van der Waals surface area contributed by atoms with Gasteiger partial charge in [-0.15, -0.1) is 11.3 Å². The molecule has 2 N–H and O–H groups in total. The van der Waals surface area contributed by atoms with Crippen LogP contribution < -0.4 is 4.72 Å². The predicted octanol–water partition coefficient (Wildman–Crippen LogP) is 2.53. The summed E-state index contributed by atoms with van der Waals surface area (Å²) in [5, 5.41) is 10.6. The molecule has 0 bridgehead atoms. The number of aliphatic carboxylic acids is 1. The molecule has 0 saturated carbocycles. The molecule has 0 unspecified atom stereocenters. The monoisotopic (exact) mass is 346 g/mol. The van der Waals surface area contributed by atoms with Crippen LogP contribution in [0.2, 0.25) is 5.02 Å². The fourth-order valence-corrected chi connectivity index (χ4v) is 4.10. The van der Waals surface area contributed by atoms with Crippen LogP contribution in [0.25, 0.3) is 0 Å². The van der Waals surface area contributed by atoms with Gasteiger partial charge in [0.2, 0.25) is 0 Å². The Labute approximate surface area is 130 Å². The van der Waals surface area contributed by atoms with Crippen LogP contribution in [-0.4, -0.2) is 24.5 Å². The van der Waals surface area contributed by atoms with E-state index in [2.05, 4.69) is 9.71 Å². The van der Waals surface area contributed by atoms with Crippen LogP contribution in [0.4, 0.5) is 5.13 Å². The number of rotatable bonds is 5. The molecule has 1 heterocycles. The van der Waals surface area contributed by atoms with E-state index in [0.717, 1.165) is 11.3 Å². The Bertz CT molecular complexity index is 786. The minimum absolute atomic E-state index is 0.0602. The summed E-state index contributed by atoms with van der Waals surface area (Å²) in [5.41, 5.74) is 0.738. The van der Waals surface area contributed by atoms with Crippen LogP contribution in [-0.2, 0) is 21.2 Å². The Morgan fingerprint density at radius 3 is 2.86 bits per heavy atom. The third-order valence-electron chi connectivity index (χ3n) is 2.61. The summed E-state index contributed by atoms with van der Waals surface area (Å²) >= 11 is 6.94. The first kappa shape index (κ1) is 15.7. The van der Waals surface area contributed by atoms with Crippen molar-refractivity contribution in [3.8, 4) is 0 Å². The minimum atomic E-state index is -3.82. The van der Waals surface area contributed by atoms with Crippen LogP contribution in [0.5, 0.6) is 0 Å². The molecule has 9 heteroatoms. The molecule has 2 aromatic rings. The summed E-state index contributed by atoms with van der Waals surface area (Å²) in [6, 6.07) is 4.58. The molecule has 2 rings (SSSR count). The van der Waals surface area contributed by atoms with Crippen LogP contribution >= 0.6 is 22.9 Å². The average molecular weight is 347 g/mol. The van der Waals surface area contributed by atoms with E-state index in [1.54, 1.807) is 19.1 Å². The second kappa shape index (κ2) is 6.00. The third-order valence-corrected chi connectivity index (χ3v) is 5.44. The van der Waals surface area contributed by atoms with Gasteiger partial charge in [-0.3, -0.25) is 9.52 Å². The van der Waals surface area contributed by atoms with Gasteiger partial charge < -0.3 is 5.11 Å². The van der Waals surface area contributed by atoms with Gasteiger partial charge in [-0.05, 0) is 24.6 Å². The summed E-state index contributed by atoms with van der Waals surface area (Å²) in [4.78, 5) is 14.6. The number of thiazole rings is 1. The van der Waals surface area contributed by atoms with Crippen molar-refractivity contribution in [2.24, 2.45) is 0 Å². The molecular weight excluding hydrogens is 336 g/mol. The highest BCUT2D eigenvalue weighted by Crippen LogP contribution is 2.26. The van der Waals surface area contributed by atoms with Crippen molar-refractivity contribution in [3.05, 3.63) is 39.9 Å². The van der Waals surface area contributed by atoms with Crippen molar-refractivity contribution < 1.29 is 18.3 Å². The zero-order valence-corrected chi connectivity index (χ0v) is 13.2. The van der Waals surface area contributed by atoms with E-state index >= 15 is 0 Å². The maximum absolute atomic E-state index is 12.3. The molecule has 0 amide bonds. The SMILES string of the molecule is Cc1c(Cl)cccc1S(=O)(=O)Nc1nc(CC(=O)O)cs1. The number of halogens is 1. The number of nitrogens with one attached hydrogen (secondary N) is 1. The largest absolute Gasteiger partial charge is 0.481 e. The standard InChI is InChI=1S/C12H11ClN2O4S2/c1-7-9(13)3-2-4-10(7)21(18,19)15-12-14-8(6-20-12)5-11(16)17/h2-4,6H,5H2,1H3,(H,14,15)(H,16,17). The summed E-state index contributed by atoms with van der Waals surface area (Å²) < 4.78 is 26.9. The lowest BCUT2D eigenvalue weighted by atomic mass is 10.2. The van der Waals surface area contributed by atoms with Crippen molar-refractivity contribution in [1.82, 2.24) is 4.98 Å². The highest BCUT2D eigenvalue weighted by molar-refractivity contribution is 7.93. The van der Waals surface area contributed by atoms with Crippen LogP contribution in [0.3, 0.4) is 0 Å².